The Hall–Kier alpha value is -0.410. The molecule has 0 spiro atoms. The SMILES string of the molecule is CC(C)(O)CC1(C=O)CCCOC1. The molecule has 1 saturated heterocycles. The van der Waals surface area contributed by atoms with E-state index in [4.69, 9.17) is 4.74 Å². The quantitative estimate of drug-likeness (QED) is 0.672. The van der Waals surface area contributed by atoms with Gasteiger partial charge in [0.15, 0.2) is 0 Å². The van der Waals surface area contributed by atoms with Gasteiger partial charge in [-0.2, -0.15) is 0 Å². The van der Waals surface area contributed by atoms with Crippen LogP contribution in [0.2, 0.25) is 0 Å². The number of carbonyl (C=O) groups excluding carboxylic acids is 1. The molecule has 0 aromatic rings. The number of hydrogen-bond acceptors (Lipinski definition) is 3. The molecule has 0 aliphatic carbocycles. The van der Waals surface area contributed by atoms with Gasteiger partial charge in [-0.05, 0) is 33.1 Å². The minimum absolute atomic E-state index is 0.448. The van der Waals surface area contributed by atoms with E-state index in [9.17, 15) is 9.90 Å². The molecule has 1 fully saturated rings. The first kappa shape index (κ1) is 10.7. The zero-order valence-corrected chi connectivity index (χ0v) is 8.38. The van der Waals surface area contributed by atoms with Crippen molar-refractivity contribution in [1.29, 1.82) is 0 Å². The predicted molar refractivity (Wildman–Crippen MR) is 49.5 cm³/mol. The lowest BCUT2D eigenvalue weighted by Gasteiger charge is -2.36. The second kappa shape index (κ2) is 3.76. The summed E-state index contributed by atoms with van der Waals surface area (Å²) >= 11 is 0. The normalized spacial score (nSPS) is 30.1. The molecule has 13 heavy (non-hydrogen) atoms. The maximum absolute atomic E-state index is 11.0. The van der Waals surface area contributed by atoms with Crippen LogP contribution < -0.4 is 0 Å². The van der Waals surface area contributed by atoms with Gasteiger partial charge < -0.3 is 14.6 Å². The van der Waals surface area contributed by atoms with Crippen LogP contribution in [0.4, 0.5) is 0 Å². The molecule has 0 aromatic carbocycles. The zero-order chi connectivity index (χ0) is 9.95. The molecule has 1 unspecified atom stereocenters. The largest absolute Gasteiger partial charge is 0.390 e. The Kier molecular flexibility index (Phi) is 3.09. The van der Waals surface area contributed by atoms with E-state index >= 15 is 0 Å². The van der Waals surface area contributed by atoms with E-state index in [2.05, 4.69) is 0 Å². The van der Waals surface area contributed by atoms with Gasteiger partial charge in [0, 0.05) is 6.61 Å². The molecule has 1 rings (SSSR count). The first-order chi connectivity index (χ1) is 5.97. The van der Waals surface area contributed by atoms with Gasteiger partial charge in [0.25, 0.3) is 0 Å². The van der Waals surface area contributed by atoms with Crippen LogP contribution in [0.25, 0.3) is 0 Å². The standard InChI is InChI=1S/C10H18O3/c1-9(2,12)6-10(7-11)4-3-5-13-8-10/h7,12H,3-6,8H2,1-2H3. The topological polar surface area (TPSA) is 46.5 Å². The van der Waals surface area contributed by atoms with Crippen LogP contribution in [0.3, 0.4) is 0 Å². The van der Waals surface area contributed by atoms with Crippen molar-refractivity contribution in [1.82, 2.24) is 0 Å². The number of hydrogen-bond donors (Lipinski definition) is 1. The fraction of sp³-hybridized carbons (Fsp3) is 0.900. The number of ether oxygens (including phenoxy) is 1. The lowest BCUT2D eigenvalue weighted by molar-refractivity contribution is -0.129. The average molecular weight is 186 g/mol. The first-order valence-electron chi connectivity index (χ1n) is 4.74. The summed E-state index contributed by atoms with van der Waals surface area (Å²) in [6.45, 7) is 4.65. The Morgan fingerprint density at radius 3 is 2.69 bits per heavy atom. The molecule has 76 valence electrons. The van der Waals surface area contributed by atoms with Crippen molar-refractivity contribution in [2.45, 2.75) is 38.7 Å². The first-order valence-corrected chi connectivity index (χ1v) is 4.74. The molecule has 3 heteroatoms. The Bertz CT molecular complexity index is 175. The zero-order valence-electron chi connectivity index (χ0n) is 8.38. The third kappa shape index (κ3) is 3.08. The molecule has 1 N–H and O–H groups in total. The molecule has 1 aliphatic heterocycles. The van der Waals surface area contributed by atoms with Gasteiger partial charge in [-0.3, -0.25) is 0 Å². The van der Waals surface area contributed by atoms with Crippen LogP contribution in [0.5, 0.6) is 0 Å². The van der Waals surface area contributed by atoms with Crippen LogP contribution >= 0.6 is 0 Å². The van der Waals surface area contributed by atoms with Gasteiger partial charge in [-0.25, -0.2) is 0 Å². The van der Waals surface area contributed by atoms with Gasteiger partial charge in [0.2, 0.25) is 0 Å². The summed E-state index contributed by atoms with van der Waals surface area (Å²) in [5, 5.41) is 9.65. The Labute approximate surface area is 79.1 Å². The average Bonchev–Trinajstić information content (AvgIpc) is 2.03. The summed E-state index contributed by atoms with van der Waals surface area (Å²) in [6, 6.07) is 0. The van der Waals surface area contributed by atoms with Crippen LogP contribution in [-0.4, -0.2) is 30.2 Å². The van der Waals surface area contributed by atoms with Crippen LogP contribution in [0.1, 0.15) is 33.1 Å². The highest BCUT2D eigenvalue weighted by Crippen LogP contribution is 2.34. The van der Waals surface area contributed by atoms with Crippen molar-refractivity contribution in [3.63, 3.8) is 0 Å². The van der Waals surface area contributed by atoms with E-state index in [1.54, 1.807) is 13.8 Å². The minimum Gasteiger partial charge on any atom is -0.390 e. The van der Waals surface area contributed by atoms with Crippen LogP contribution in [-0.2, 0) is 9.53 Å². The minimum atomic E-state index is -0.790. The monoisotopic (exact) mass is 186 g/mol. The van der Waals surface area contributed by atoms with E-state index in [1.165, 1.54) is 0 Å². The van der Waals surface area contributed by atoms with Crippen LogP contribution in [0.15, 0.2) is 0 Å². The van der Waals surface area contributed by atoms with Gasteiger partial charge in [0.05, 0.1) is 17.6 Å². The fourth-order valence-electron chi connectivity index (χ4n) is 2.01. The summed E-state index contributed by atoms with van der Waals surface area (Å²) in [7, 11) is 0. The van der Waals surface area contributed by atoms with Crippen molar-refractivity contribution < 1.29 is 14.6 Å². The smallest absolute Gasteiger partial charge is 0.128 e. The molecule has 3 nitrogen and oxygen atoms in total. The van der Waals surface area contributed by atoms with Gasteiger partial charge in [-0.1, -0.05) is 0 Å². The molecule has 0 saturated carbocycles. The molecule has 0 amide bonds. The van der Waals surface area contributed by atoms with E-state index in [0.717, 1.165) is 25.7 Å². The van der Waals surface area contributed by atoms with Gasteiger partial charge in [0.1, 0.15) is 6.29 Å². The highest BCUT2D eigenvalue weighted by molar-refractivity contribution is 5.60. The lowest BCUT2D eigenvalue weighted by atomic mass is 9.76. The molecule has 0 bridgehead atoms. The van der Waals surface area contributed by atoms with Crippen molar-refractivity contribution in [3.05, 3.63) is 0 Å². The fourth-order valence-corrected chi connectivity index (χ4v) is 2.01. The predicted octanol–water partition coefficient (Wildman–Crippen LogP) is 1.14. The number of carbonyl (C=O) groups is 1. The summed E-state index contributed by atoms with van der Waals surface area (Å²) in [5.41, 5.74) is -1.24. The van der Waals surface area contributed by atoms with Crippen molar-refractivity contribution in [3.8, 4) is 0 Å². The third-order valence-corrected chi connectivity index (χ3v) is 2.39. The van der Waals surface area contributed by atoms with Crippen molar-refractivity contribution >= 4 is 6.29 Å². The van der Waals surface area contributed by atoms with E-state index in [1.807, 2.05) is 0 Å². The maximum Gasteiger partial charge on any atom is 0.128 e. The highest BCUT2D eigenvalue weighted by atomic mass is 16.5. The van der Waals surface area contributed by atoms with E-state index in [-0.39, 0.29) is 0 Å². The molecular weight excluding hydrogens is 168 g/mol. The summed E-state index contributed by atoms with van der Waals surface area (Å²) in [5.74, 6) is 0. The number of aliphatic hydroxyl groups is 1. The van der Waals surface area contributed by atoms with E-state index < -0.39 is 11.0 Å². The summed E-state index contributed by atoms with van der Waals surface area (Å²) in [4.78, 5) is 11.0. The van der Waals surface area contributed by atoms with E-state index in [0.29, 0.717) is 13.0 Å². The summed E-state index contributed by atoms with van der Waals surface area (Å²) in [6.07, 6.45) is 3.18. The van der Waals surface area contributed by atoms with Gasteiger partial charge in [-0.15, -0.1) is 0 Å². The summed E-state index contributed by atoms with van der Waals surface area (Å²) < 4.78 is 5.28. The van der Waals surface area contributed by atoms with Crippen molar-refractivity contribution in [2.75, 3.05) is 13.2 Å². The molecule has 1 heterocycles. The third-order valence-electron chi connectivity index (χ3n) is 2.39. The van der Waals surface area contributed by atoms with Crippen molar-refractivity contribution in [2.24, 2.45) is 5.41 Å². The maximum atomic E-state index is 11.0. The Balaban J connectivity index is 2.63. The molecular formula is C10H18O3. The molecule has 1 atom stereocenters. The van der Waals surface area contributed by atoms with Gasteiger partial charge >= 0.3 is 0 Å². The Morgan fingerprint density at radius 1 is 1.62 bits per heavy atom. The Morgan fingerprint density at radius 2 is 2.31 bits per heavy atom. The molecule has 1 aliphatic rings. The lowest BCUT2D eigenvalue weighted by Crippen LogP contribution is -2.39. The second-order valence-electron chi connectivity index (χ2n) is 4.63. The number of aldehydes is 1. The molecule has 0 radical (unpaired) electrons. The molecule has 0 aromatic heterocycles. The van der Waals surface area contributed by atoms with Crippen LogP contribution in [0, 0.1) is 5.41 Å². The second-order valence-corrected chi connectivity index (χ2v) is 4.63. The highest BCUT2D eigenvalue weighted by Gasteiger charge is 2.37. The number of rotatable bonds is 3.